The largest absolute Gasteiger partial charge is 0.335 e. The number of benzene rings is 2. The van der Waals surface area contributed by atoms with Gasteiger partial charge in [-0.1, -0.05) is 48.0 Å². The number of aromatic nitrogens is 2. The van der Waals surface area contributed by atoms with E-state index in [1.54, 1.807) is 20.7 Å². The number of carbonyl (C=O) groups excluding carboxylic acids is 2. The highest BCUT2D eigenvalue weighted by Gasteiger charge is 2.25. The van der Waals surface area contributed by atoms with E-state index < -0.39 is 0 Å². The summed E-state index contributed by atoms with van der Waals surface area (Å²) in [5.74, 6) is -0.0996. The Morgan fingerprint density at radius 2 is 1.75 bits per heavy atom. The van der Waals surface area contributed by atoms with Gasteiger partial charge in [0, 0.05) is 43.0 Å². The molecule has 1 aliphatic heterocycles. The minimum atomic E-state index is -0.0677. The van der Waals surface area contributed by atoms with Crippen LogP contribution >= 0.6 is 22.9 Å². The Morgan fingerprint density at radius 1 is 1.03 bits per heavy atom. The normalized spacial score (nSPS) is 14.0. The number of amides is 2. The van der Waals surface area contributed by atoms with Gasteiger partial charge in [-0.15, -0.1) is 11.3 Å². The first-order chi connectivity index (χ1) is 17.4. The number of rotatable bonds is 6. The Bertz CT molecular complexity index is 1480. The van der Waals surface area contributed by atoms with Crippen LogP contribution in [0.25, 0.3) is 20.7 Å². The fourth-order valence-electron chi connectivity index (χ4n) is 4.29. The molecule has 0 spiro atoms. The first kappa shape index (κ1) is 24.2. The van der Waals surface area contributed by atoms with Gasteiger partial charge in [0.2, 0.25) is 11.8 Å². The zero-order valence-corrected chi connectivity index (χ0v) is 21.4. The molecule has 0 N–H and O–H groups in total. The molecule has 0 atom stereocenters. The lowest BCUT2D eigenvalue weighted by atomic mass is 10.1. The van der Waals surface area contributed by atoms with Crippen LogP contribution in [0.3, 0.4) is 0 Å². The molecule has 5 rings (SSSR count). The van der Waals surface area contributed by atoms with Gasteiger partial charge in [0.15, 0.2) is 0 Å². The summed E-state index contributed by atoms with van der Waals surface area (Å²) in [7, 11) is 0. The number of hydrogen-bond acceptors (Lipinski definition) is 5. The zero-order valence-electron chi connectivity index (χ0n) is 19.8. The summed E-state index contributed by atoms with van der Waals surface area (Å²) >= 11 is 7.44. The first-order valence-corrected chi connectivity index (χ1v) is 12.9. The van der Waals surface area contributed by atoms with Crippen molar-refractivity contribution in [3.05, 3.63) is 87.4 Å². The van der Waals surface area contributed by atoms with Crippen molar-refractivity contribution >= 4 is 45.0 Å². The van der Waals surface area contributed by atoms with Crippen molar-refractivity contribution in [2.75, 3.05) is 19.6 Å². The molecule has 2 aromatic carbocycles. The second-order valence-corrected chi connectivity index (χ2v) is 10.4. The van der Waals surface area contributed by atoms with Crippen molar-refractivity contribution in [1.82, 2.24) is 19.4 Å². The van der Waals surface area contributed by atoms with Gasteiger partial charge in [0.05, 0.1) is 18.4 Å². The van der Waals surface area contributed by atoms with Crippen LogP contribution in [-0.2, 0) is 29.1 Å². The molecule has 184 valence electrons. The van der Waals surface area contributed by atoms with Crippen LogP contribution in [0.2, 0.25) is 5.02 Å². The summed E-state index contributed by atoms with van der Waals surface area (Å²) in [4.78, 5) is 45.8. The van der Waals surface area contributed by atoms with Gasteiger partial charge in [-0.3, -0.25) is 19.0 Å². The van der Waals surface area contributed by atoms with E-state index in [9.17, 15) is 14.4 Å². The predicted octanol–water partition coefficient (Wildman–Crippen LogP) is 4.21. The molecule has 0 unspecified atom stereocenters. The predicted molar refractivity (Wildman–Crippen MR) is 142 cm³/mol. The number of hydrogen-bond donors (Lipinski definition) is 0. The van der Waals surface area contributed by atoms with Crippen LogP contribution in [0.4, 0.5) is 0 Å². The van der Waals surface area contributed by atoms with Crippen LogP contribution in [0.1, 0.15) is 18.1 Å². The third-order valence-corrected chi connectivity index (χ3v) is 7.85. The highest BCUT2D eigenvalue weighted by Crippen LogP contribution is 2.31. The fraction of sp³-hybridized carbons (Fsp3) is 0.259. The highest BCUT2D eigenvalue weighted by molar-refractivity contribution is 7.22. The maximum atomic E-state index is 13.1. The van der Waals surface area contributed by atoms with Crippen molar-refractivity contribution in [2.24, 2.45) is 0 Å². The number of fused-ring (bicyclic) bond motifs is 1. The second kappa shape index (κ2) is 10.2. The number of nitrogens with zero attached hydrogens (tertiary/aromatic N) is 4. The van der Waals surface area contributed by atoms with Gasteiger partial charge in [0.1, 0.15) is 4.70 Å². The highest BCUT2D eigenvalue weighted by atomic mass is 35.5. The van der Waals surface area contributed by atoms with Crippen molar-refractivity contribution in [1.29, 1.82) is 0 Å². The van der Waals surface area contributed by atoms with Gasteiger partial charge >= 0.3 is 0 Å². The standard InChI is InChI=1S/C27H25ClN4O3S/c1-18(33)30-12-13-31(25(34)16-30)15-20-4-2-19(3-5-20)10-11-32-17-29-23-14-24(36-26(23)27(32)35)21-6-8-22(28)9-7-21/h2-9,14,17H,10-13,15-16H2,1H3. The summed E-state index contributed by atoms with van der Waals surface area (Å²) in [5.41, 5.74) is 3.82. The molecule has 2 amide bonds. The number of aryl methyl sites for hydroxylation is 2. The van der Waals surface area contributed by atoms with Gasteiger partial charge in [-0.2, -0.15) is 0 Å². The number of halogens is 1. The summed E-state index contributed by atoms with van der Waals surface area (Å²) < 4.78 is 2.30. The lowest BCUT2D eigenvalue weighted by molar-refractivity contribution is -0.144. The van der Waals surface area contributed by atoms with E-state index >= 15 is 0 Å². The van der Waals surface area contributed by atoms with E-state index in [1.165, 1.54) is 18.3 Å². The van der Waals surface area contributed by atoms with Crippen molar-refractivity contribution in [3.63, 3.8) is 0 Å². The quantitative estimate of drug-likeness (QED) is 0.381. The topological polar surface area (TPSA) is 75.5 Å². The van der Waals surface area contributed by atoms with E-state index in [1.807, 2.05) is 54.6 Å². The van der Waals surface area contributed by atoms with E-state index in [0.29, 0.717) is 47.8 Å². The lowest BCUT2D eigenvalue weighted by Gasteiger charge is -2.33. The van der Waals surface area contributed by atoms with Crippen LogP contribution in [0, 0.1) is 0 Å². The van der Waals surface area contributed by atoms with Crippen LogP contribution < -0.4 is 5.56 Å². The maximum absolute atomic E-state index is 13.1. The third kappa shape index (κ3) is 5.20. The number of carbonyl (C=O) groups is 2. The molecular formula is C27H25ClN4O3S. The van der Waals surface area contributed by atoms with Crippen molar-refractivity contribution in [3.8, 4) is 10.4 Å². The Hall–Kier alpha value is -3.49. The maximum Gasteiger partial charge on any atom is 0.271 e. The molecule has 0 radical (unpaired) electrons. The van der Waals surface area contributed by atoms with Crippen LogP contribution in [0.5, 0.6) is 0 Å². The van der Waals surface area contributed by atoms with Gasteiger partial charge in [-0.25, -0.2) is 4.98 Å². The SMILES string of the molecule is CC(=O)N1CCN(Cc2ccc(CCn3cnc4cc(-c5ccc(Cl)cc5)sc4c3=O)cc2)C(=O)C1. The Kier molecular flexibility index (Phi) is 6.89. The first-order valence-electron chi connectivity index (χ1n) is 11.7. The lowest BCUT2D eigenvalue weighted by Crippen LogP contribution is -2.51. The smallest absolute Gasteiger partial charge is 0.271 e. The minimum Gasteiger partial charge on any atom is -0.335 e. The average molecular weight is 521 g/mol. The summed E-state index contributed by atoms with van der Waals surface area (Å²) in [6.07, 6.45) is 2.31. The molecule has 0 aliphatic carbocycles. The summed E-state index contributed by atoms with van der Waals surface area (Å²) in [5, 5.41) is 0.675. The summed E-state index contributed by atoms with van der Waals surface area (Å²) in [6, 6.07) is 17.6. The molecule has 4 aromatic rings. The van der Waals surface area contributed by atoms with Gasteiger partial charge in [0.25, 0.3) is 5.56 Å². The monoisotopic (exact) mass is 520 g/mol. The van der Waals surface area contributed by atoms with Gasteiger partial charge in [-0.05, 0) is 41.3 Å². The molecule has 36 heavy (non-hydrogen) atoms. The molecule has 0 saturated carbocycles. The van der Waals surface area contributed by atoms with Crippen molar-refractivity contribution < 1.29 is 9.59 Å². The Balaban J connectivity index is 1.23. The number of thiophene rings is 1. The molecular weight excluding hydrogens is 496 g/mol. The van der Waals surface area contributed by atoms with E-state index in [0.717, 1.165) is 21.6 Å². The average Bonchev–Trinajstić information content (AvgIpc) is 3.31. The molecule has 1 saturated heterocycles. The van der Waals surface area contributed by atoms with E-state index in [-0.39, 0.29) is 23.9 Å². The Morgan fingerprint density at radius 3 is 2.44 bits per heavy atom. The Labute approximate surface area is 217 Å². The second-order valence-electron chi connectivity index (χ2n) is 8.90. The third-order valence-electron chi connectivity index (χ3n) is 6.43. The van der Waals surface area contributed by atoms with Crippen LogP contribution in [0.15, 0.2) is 65.7 Å². The molecule has 9 heteroatoms. The van der Waals surface area contributed by atoms with Crippen molar-refractivity contribution in [2.45, 2.75) is 26.4 Å². The molecule has 3 heterocycles. The molecule has 2 aromatic heterocycles. The molecule has 0 bridgehead atoms. The fourth-order valence-corrected chi connectivity index (χ4v) is 5.48. The number of piperazine rings is 1. The van der Waals surface area contributed by atoms with E-state index in [2.05, 4.69) is 4.98 Å². The van der Waals surface area contributed by atoms with E-state index in [4.69, 9.17) is 11.6 Å². The molecule has 1 aliphatic rings. The molecule has 7 nitrogen and oxygen atoms in total. The minimum absolute atomic E-state index is 0.0319. The molecule has 1 fully saturated rings. The van der Waals surface area contributed by atoms with Crippen LogP contribution in [-0.4, -0.2) is 50.8 Å². The zero-order chi connectivity index (χ0) is 25.2. The van der Waals surface area contributed by atoms with Gasteiger partial charge < -0.3 is 9.80 Å². The summed E-state index contributed by atoms with van der Waals surface area (Å²) in [6.45, 7) is 3.80.